The number of benzene rings is 1. The molecular weight excluding hydrogens is 186 g/mol. The Bertz CT molecular complexity index is 361. The number of carbonyl (C=O) groups excluding carboxylic acids is 1. The smallest absolute Gasteiger partial charge is 0.182 e. The summed E-state index contributed by atoms with van der Waals surface area (Å²) in [6, 6.07) is 7.69. The van der Waals surface area contributed by atoms with E-state index < -0.39 is 5.54 Å². The number of carbonyl (C=O) groups is 1. The summed E-state index contributed by atoms with van der Waals surface area (Å²) in [6.45, 7) is 2.02. The van der Waals surface area contributed by atoms with Gasteiger partial charge >= 0.3 is 0 Å². The Morgan fingerprint density at radius 1 is 1.20 bits per heavy atom. The topological polar surface area (TPSA) is 43.1 Å². The summed E-state index contributed by atoms with van der Waals surface area (Å²) in [4.78, 5) is 12.2. The van der Waals surface area contributed by atoms with Gasteiger partial charge < -0.3 is 5.73 Å². The quantitative estimate of drug-likeness (QED) is 0.750. The molecule has 0 radical (unpaired) electrons. The molecule has 2 heteroatoms. The molecule has 0 heterocycles. The van der Waals surface area contributed by atoms with E-state index in [-0.39, 0.29) is 5.78 Å². The molecule has 1 saturated carbocycles. The maximum Gasteiger partial charge on any atom is 0.182 e. The second-order valence-electron chi connectivity index (χ2n) is 4.56. The molecule has 0 spiro atoms. The number of aryl methyl sites for hydroxylation is 1. The summed E-state index contributed by atoms with van der Waals surface area (Å²) >= 11 is 0. The van der Waals surface area contributed by atoms with E-state index in [0.717, 1.165) is 31.2 Å². The van der Waals surface area contributed by atoms with Crippen LogP contribution < -0.4 is 5.73 Å². The molecule has 0 atom stereocenters. The van der Waals surface area contributed by atoms with E-state index in [0.29, 0.717) is 0 Å². The van der Waals surface area contributed by atoms with E-state index in [1.165, 1.54) is 5.56 Å². The minimum atomic E-state index is -0.588. The van der Waals surface area contributed by atoms with Crippen molar-refractivity contribution in [2.24, 2.45) is 5.73 Å². The minimum Gasteiger partial charge on any atom is -0.319 e. The van der Waals surface area contributed by atoms with Gasteiger partial charge in [-0.25, -0.2) is 0 Å². The van der Waals surface area contributed by atoms with Crippen LogP contribution in [0.3, 0.4) is 0 Å². The highest BCUT2D eigenvalue weighted by atomic mass is 16.1. The number of hydrogen-bond acceptors (Lipinski definition) is 2. The van der Waals surface area contributed by atoms with Crippen LogP contribution in [0.4, 0.5) is 0 Å². The molecular formula is C13H17NO. The Balaban J connectivity index is 2.24. The van der Waals surface area contributed by atoms with Crippen LogP contribution in [0.2, 0.25) is 0 Å². The SMILES string of the molecule is Cc1ccc(C(=O)C2(N)CCCC2)cc1. The summed E-state index contributed by atoms with van der Waals surface area (Å²) in [5, 5.41) is 0. The normalized spacial score (nSPS) is 19.1. The van der Waals surface area contributed by atoms with Crippen molar-refractivity contribution in [3.8, 4) is 0 Å². The lowest BCUT2D eigenvalue weighted by molar-refractivity contribution is 0.0892. The van der Waals surface area contributed by atoms with Crippen molar-refractivity contribution in [3.05, 3.63) is 35.4 Å². The van der Waals surface area contributed by atoms with Crippen LogP contribution in [0.25, 0.3) is 0 Å². The highest BCUT2D eigenvalue weighted by Gasteiger charge is 2.37. The monoisotopic (exact) mass is 203 g/mol. The summed E-state index contributed by atoms with van der Waals surface area (Å²) in [6.07, 6.45) is 3.82. The number of rotatable bonds is 2. The summed E-state index contributed by atoms with van der Waals surface area (Å²) in [5.41, 5.74) is 7.46. The summed E-state index contributed by atoms with van der Waals surface area (Å²) < 4.78 is 0. The molecule has 2 nitrogen and oxygen atoms in total. The van der Waals surface area contributed by atoms with Crippen LogP contribution in [0.5, 0.6) is 0 Å². The summed E-state index contributed by atoms with van der Waals surface area (Å²) in [7, 11) is 0. The van der Waals surface area contributed by atoms with E-state index >= 15 is 0 Å². The molecule has 1 aromatic carbocycles. The average molecular weight is 203 g/mol. The van der Waals surface area contributed by atoms with Gasteiger partial charge in [0.1, 0.15) is 0 Å². The Morgan fingerprint density at radius 3 is 2.27 bits per heavy atom. The van der Waals surface area contributed by atoms with Crippen molar-refractivity contribution in [1.82, 2.24) is 0 Å². The molecule has 1 fully saturated rings. The van der Waals surface area contributed by atoms with Crippen molar-refractivity contribution in [2.45, 2.75) is 38.1 Å². The Morgan fingerprint density at radius 2 is 1.73 bits per heavy atom. The van der Waals surface area contributed by atoms with Gasteiger partial charge in [-0.15, -0.1) is 0 Å². The second-order valence-corrected chi connectivity index (χ2v) is 4.56. The van der Waals surface area contributed by atoms with Crippen molar-refractivity contribution in [3.63, 3.8) is 0 Å². The van der Waals surface area contributed by atoms with Gasteiger partial charge in [0.15, 0.2) is 5.78 Å². The van der Waals surface area contributed by atoms with Crippen molar-refractivity contribution in [2.75, 3.05) is 0 Å². The van der Waals surface area contributed by atoms with Crippen molar-refractivity contribution < 1.29 is 4.79 Å². The largest absolute Gasteiger partial charge is 0.319 e. The van der Waals surface area contributed by atoms with Gasteiger partial charge in [0.25, 0.3) is 0 Å². The first-order valence-corrected chi connectivity index (χ1v) is 5.52. The van der Waals surface area contributed by atoms with Crippen LogP contribution in [-0.2, 0) is 0 Å². The van der Waals surface area contributed by atoms with Crippen molar-refractivity contribution in [1.29, 1.82) is 0 Å². The predicted octanol–water partition coefficient (Wildman–Crippen LogP) is 2.45. The Hall–Kier alpha value is -1.15. The fraction of sp³-hybridized carbons (Fsp3) is 0.462. The van der Waals surface area contributed by atoms with Gasteiger partial charge in [-0.1, -0.05) is 42.7 Å². The first kappa shape index (κ1) is 10.4. The molecule has 0 amide bonds. The average Bonchev–Trinajstić information content (AvgIpc) is 2.67. The van der Waals surface area contributed by atoms with Crippen LogP contribution in [-0.4, -0.2) is 11.3 Å². The van der Waals surface area contributed by atoms with E-state index in [4.69, 9.17) is 5.73 Å². The fourth-order valence-corrected chi connectivity index (χ4v) is 2.23. The first-order valence-electron chi connectivity index (χ1n) is 5.52. The molecule has 0 unspecified atom stereocenters. The van der Waals surface area contributed by atoms with Crippen LogP contribution in [0.1, 0.15) is 41.6 Å². The van der Waals surface area contributed by atoms with E-state index in [1.807, 2.05) is 31.2 Å². The van der Waals surface area contributed by atoms with Crippen LogP contribution >= 0.6 is 0 Å². The maximum absolute atomic E-state index is 12.2. The Kier molecular flexibility index (Phi) is 2.61. The molecule has 80 valence electrons. The molecule has 2 N–H and O–H groups in total. The third-order valence-electron chi connectivity index (χ3n) is 3.26. The standard InChI is InChI=1S/C13H17NO/c1-10-4-6-11(7-5-10)12(15)13(14)8-2-3-9-13/h4-7H,2-3,8-9,14H2,1H3. The molecule has 1 aliphatic carbocycles. The second kappa shape index (κ2) is 3.78. The molecule has 0 saturated heterocycles. The van der Waals surface area contributed by atoms with Crippen LogP contribution in [0.15, 0.2) is 24.3 Å². The van der Waals surface area contributed by atoms with Gasteiger partial charge in [0, 0.05) is 5.56 Å². The Labute approximate surface area is 90.5 Å². The van der Waals surface area contributed by atoms with E-state index in [1.54, 1.807) is 0 Å². The van der Waals surface area contributed by atoms with E-state index in [2.05, 4.69) is 0 Å². The summed E-state index contributed by atoms with van der Waals surface area (Å²) in [5.74, 6) is 0.111. The fourth-order valence-electron chi connectivity index (χ4n) is 2.23. The van der Waals surface area contributed by atoms with Gasteiger partial charge in [-0.3, -0.25) is 4.79 Å². The molecule has 0 bridgehead atoms. The first-order chi connectivity index (χ1) is 7.12. The third kappa shape index (κ3) is 1.95. The highest BCUT2D eigenvalue weighted by molar-refractivity contribution is 6.03. The molecule has 0 aromatic heterocycles. The number of nitrogens with two attached hydrogens (primary N) is 1. The zero-order chi connectivity index (χ0) is 10.9. The van der Waals surface area contributed by atoms with Gasteiger partial charge in [-0.05, 0) is 19.8 Å². The lowest BCUT2D eigenvalue weighted by atomic mass is 9.88. The molecule has 1 aromatic rings. The zero-order valence-corrected chi connectivity index (χ0v) is 9.12. The van der Waals surface area contributed by atoms with Crippen molar-refractivity contribution >= 4 is 5.78 Å². The molecule has 0 aliphatic heterocycles. The lowest BCUT2D eigenvalue weighted by Gasteiger charge is -2.21. The minimum absolute atomic E-state index is 0.111. The number of Topliss-reactive ketones (excluding diaryl/α,β-unsaturated/α-hetero) is 1. The third-order valence-corrected chi connectivity index (χ3v) is 3.26. The molecule has 2 rings (SSSR count). The van der Waals surface area contributed by atoms with E-state index in [9.17, 15) is 4.79 Å². The predicted molar refractivity (Wildman–Crippen MR) is 60.9 cm³/mol. The van der Waals surface area contributed by atoms with Gasteiger partial charge in [0.05, 0.1) is 5.54 Å². The molecule has 15 heavy (non-hydrogen) atoms. The molecule has 1 aliphatic rings. The number of hydrogen-bond donors (Lipinski definition) is 1. The number of ketones is 1. The highest BCUT2D eigenvalue weighted by Crippen LogP contribution is 2.30. The van der Waals surface area contributed by atoms with Gasteiger partial charge in [-0.2, -0.15) is 0 Å². The lowest BCUT2D eigenvalue weighted by Crippen LogP contribution is -2.45. The zero-order valence-electron chi connectivity index (χ0n) is 9.12. The van der Waals surface area contributed by atoms with Crippen LogP contribution in [0, 0.1) is 6.92 Å². The maximum atomic E-state index is 12.2. The van der Waals surface area contributed by atoms with Gasteiger partial charge in [0.2, 0.25) is 0 Å².